The van der Waals surface area contributed by atoms with Crippen LogP contribution in [0.1, 0.15) is 62.2 Å². The van der Waals surface area contributed by atoms with Crippen LogP contribution in [0.5, 0.6) is 0 Å². The summed E-state index contributed by atoms with van der Waals surface area (Å²) in [6.45, 7) is 5.57. The highest BCUT2D eigenvalue weighted by Crippen LogP contribution is 2.43. The molecule has 14 heteroatoms. The van der Waals surface area contributed by atoms with Gasteiger partial charge in [-0.15, -0.1) is 11.3 Å². The Morgan fingerprint density at radius 3 is 2.71 bits per heavy atom. The number of carbonyl (C=O) groups excluding carboxylic acids is 2. The molecule has 0 bridgehead atoms. The van der Waals surface area contributed by atoms with E-state index in [0.717, 1.165) is 0 Å². The first-order valence-corrected chi connectivity index (χ1v) is 15.7. The van der Waals surface area contributed by atoms with Gasteiger partial charge in [0.2, 0.25) is 5.91 Å². The Hall–Kier alpha value is -3.78. The van der Waals surface area contributed by atoms with Gasteiger partial charge in [0, 0.05) is 42.8 Å². The summed E-state index contributed by atoms with van der Waals surface area (Å²) in [6.07, 6.45) is 1.91. The number of carbonyl (C=O) groups is 3. The highest BCUT2D eigenvalue weighted by atomic mass is 32.1. The van der Waals surface area contributed by atoms with Crippen molar-refractivity contribution in [2.24, 2.45) is 10.4 Å². The lowest BCUT2D eigenvalue weighted by Crippen LogP contribution is -2.47. The number of likely N-dealkylation sites (tertiary alicyclic amines) is 2. The van der Waals surface area contributed by atoms with E-state index < -0.39 is 59.7 Å². The molecule has 242 valence electrons. The van der Waals surface area contributed by atoms with Crippen molar-refractivity contribution in [2.75, 3.05) is 26.2 Å². The van der Waals surface area contributed by atoms with Gasteiger partial charge in [0.05, 0.1) is 24.1 Å². The lowest BCUT2D eigenvalue weighted by Gasteiger charge is -2.31. The Balaban J connectivity index is 1.49. The maximum atomic E-state index is 15.7. The number of aliphatic imine (C=N–C) groups is 1. The molecule has 2 saturated heterocycles. The fraction of sp³-hybridized carbons (Fsp3) is 0.516. The number of nitrogens with one attached hydrogen (secondary N) is 1. The lowest BCUT2D eigenvalue weighted by molar-refractivity contribution is -0.147. The second-order valence-electron chi connectivity index (χ2n) is 12.2. The quantitative estimate of drug-likeness (QED) is 0.346. The summed E-state index contributed by atoms with van der Waals surface area (Å²) in [5.74, 6) is -5.60. The SMILES string of the molecule is CCOC(=O)C1=C(CN2CC(F)(F)[C@H]3[C@@H]2CC(=O)N3CCCC(C)(C)C(=O)O)NC(c2nccs2)=N[C@H]1c1cccc(F)c1C. The van der Waals surface area contributed by atoms with Gasteiger partial charge in [-0.05, 0) is 57.7 Å². The van der Waals surface area contributed by atoms with E-state index in [4.69, 9.17) is 9.73 Å². The van der Waals surface area contributed by atoms with Gasteiger partial charge in [0.25, 0.3) is 5.92 Å². The average molecular weight is 648 g/mol. The standard InChI is InChI=1S/C31H36F3N5O5S/c1-5-44-28(41)23-20(36-26(27-35-11-13-45-27)37-24(23)18-8-6-9-19(32)17(18)2)15-38-16-31(33,34)25-21(38)14-22(40)39(25)12-7-10-30(3,4)29(42)43/h6,8-9,11,13,21,24-25H,5,7,10,12,14-16H2,1-4H3,(H,36,37)(H,42,43)/t21-,24-,25+/m0/s1. The molecule has 5 rings (SSSR count). The number of ether oxygens (including phenoxy) is 1. The largest absolute Gasteiger partial charge is 0.481 e. The third-order valence-corrected chi connectivity index (χ3v) is 9.50. The molecule has 0 unspecified atom stereocenters. The number of esters is 1. The highest BCUT2D eigenvalue weighted by molar-refractivity contribution is 7.11. The van der Waals surface area contributed by atoms with Crippen molar-refractivity contribution < 1.29 is 37.4 Å². The van der Waals surface area contributed by atoms with Crippen molar-refractivity contribution >= 4 is 35.0 Å². The normalized spacial score (nSPS) is 23.2. The van der Waals surface area contributed by atoms with E-state index >= 15 is 8.78 Å². The summed E-state index contributed by atoms with van der Waals surface area (Å²) in [7, 11) is 0. The van der Waals surface area contributed by atoms with Crippen LogP contribution in [0.25, 0.3) is 0 Å². The summed E-state index contributed by atoms with van der Waals surface area (Å²) < 4.78 is 51.5. The summed E-state index contributed by atoms with van der Waals surface area (Å²) in [5.41, 5.74) is -0.0316. The van der Waals surface area contributed by atoms with E-state index in [2.05, 4.69) is 10.3 Å². The first kappa shape index (κ1) is 32.6. The van der Waals surface area contributed by atoms with Gasteiger partial charge in [-0.25, -0.2) is 22.9 Å². The van der Waals surface area contributed by atoms with Crippen LogP contribution in [0.4, 0.5) is 13.2 Å². The van der Waals surface area contributed by atoms with Gasteiger partial charge in [0.1, 0.15) is 17.9 Å². The molecule has 0 radical (unpaired) electrons. The number of alkyl halides is 2. The minimum atomic E-state index is -3.26. The smallest absolute Gasteiger partial charge is 0.338 e. The fourth-order valence-electron chi connectivity index (χ4n) is 6.29. The maximum absolute atomic E-state index is 15.7. The van der Waals surface area contributed by atoms with Gasteiger partial charge < -0.3 is 20.1 Å². The molecule has 2 fully saturated rings. The minimum Gasteiger partial charge on any atom is -0.481 e. The number of carboxylic acids is 1. The molecule has 3 aliphatic rings. The average Bonchev–Trinajstić information content (AvgIpc) is 3.67. The van der Waals surface area contributed by atoms with E-state index in [0.29, 0.717) is 16.4 Å². The molecular weight excluding hydrogens is 611 g/mol. The zero-order chi connectivity index (χ0) is 32.7. The number of aliphatic carboxylic acids is 1. The van der Waals surface area contributed by atoms with Gasteiger partial charge in [-0.3, -0.25) is 19.5 Å². The van der Waals surface area contributed by atoms with Crippen LogP contribution in [0, 0.1) is 18.2 Å². The van der Waals surface area contributed by atoms with Crippen molar-refractivity contribution in [3.63, 3.8) is 0 Å². The molecule has 45 heavy (non-hydrogen) atoms. The molecule has 1 amide bonds. The molecule has 1 aromatic carbocycles. The Kier molecular flexibility index (Phi) is 9.09. The van der Waals surface area contributed by atoms with Crippen LogP contribution < -0.4 is 5.32 Å². The molecule has 3 atom stereocenters. The van der Waals surface area contributed by atoms with Crippen molar-refractivity contribution in [1.29, 1.82) is 0 Å². The molecule has 2 aromatic rings. The first-order valence-electron chi connectivity index (χ1n) is 14.8. The van der Waals surface area contributed by atoms with Gasteiger partial charge >= 0.3 is 11.9 Å². The number of thiazole rings is 1. The third-order valence-electron chi connectivity index (χ3n) is 8.72. The van der Waals surface area contributed by atoms with E-state index in [-0.39, 0.29) is 55.8 Å². The minimum absolute atomic E-state index is 0.0109. The molecule has 0 spiro atoms. The third kappa shape index (κ3) is 6.35. The zero-order valence-corrected chi connectivity index (χ0v) is 26.3. The summed E-state index contributed by atoms with van der Waals surface area (Å²) in [5, 5.41) is 14.8. The van der Waals surface area contributed by atoms with Crippen molar-refractivity contribution in [2.45, 2.75) is 71.0 Å². The van der Waals surface area contributed by atoms with Crippen LogP contribution in [0.2, 0.25) is 0 Å². The molecule has 0 saturated carbocycles. The monoisotopic (exact) mass is 647 g/mol. The van der Waals surface area contributed by atoms with Gasteiger partial charge in [0.15, 0.2) is 10.8 Å². The Labute approximate surface area is 263 Å². The Morgan fingerprint density at radius 2 is 2.04 bits per heavy atom. The summed E-state index contributed by atoms with van der Waals surface area (Å²) >= 11 is 1.29. The maximum Gasteiger partial charge on any atom is 0.338 e. The number of benzene rings is 1. The van der Waals surface area contributed by atoms with Crippen LogP contribution in [-0.2, 0) is 19.1 Å². The van der Waals surface area contributed by atoms with Crippen molar-refractivity contribution in [3.8, 4) is 0 Å². The second-order valence-corrected chi connectivity index (χ2v) is 13.1. The molecule has 1 aromatic heterocycles. The molecular formula is C31H36F3N5O5S. The second kappa shape index (κ2) is 12.5. The number of halogens is 3. The summed E-state index contributed by atoms with van der Waals surface area (Å²) in [6, 6.07) is 1.22. The Bertz CT molecular complexity index is 1540. The molecule has 10 nitrogen and oxygen atoms in total. The number of fused-ring (bicyclic) bond motifs is 1. The Morgan fingerprint density at radius 1 is 1.29 bits per heavy atom. The molecule has 4 heterocycles. The lowest BCUT2D eigenvalue weighted by atomic mass is 9.88. The van der Waals surface area contributed by atoms with Crippen LogP contribution >= 0.6 is 11.3 Å². The number of hydrogen-bond acceptors (Lipinski definition) is 9. The number of aromatic nitrogens is 1. The van der Waals surface area contributed by atoms with E-state index in [1.807, 2.05) is 0 Å². The van der Waals surface area contributed by atoms with E-state index in [1.54, 1.807) is 45.3 Å². The van der Waals surface area contributed by atoms with Crippen LogP contribution in [-0.4, -0.2) is 87.8 Å². The number of nitrogens with zero attached hydrogens (tertiary/aromatic N) is 4. The number of carboxylic acid groups (broad SMARTS) is 1. The number of amidine groups is 1. The van der Waals surface area contributed by atoms with Crippen LogP contribution in [0.15, 0.2) is 46.0 Å². The topological polar surface area (TPSA) is 124 Å². The molecule has 0 aliphatic carbocycles. The summed E-state index contributed by atoms with van der Waals surface area (Å²) in [4.78, 5) is 49.8. The predicted octanol–water partition coefficient (Wildman–Crippen LogP) is 4.31. The van der Waals surface area contributed by atoms with E-state index in [9.17, 15) is 23.9 Å². The van der Waals surface area contributed by atoms with E-state index in [1.165, 1.54) is 33.3 Å². The number of rotatable bonds is 11. The highest BCUT2D eigenvalue weighted by Gasteiger charge is 2.62. The van der Waals surface area contributed by atoms with Gasteiger partial charge in [-0.1, -0.05) is 12.1 Å². The fourth-order valence-corrected chi connectivity index (χ4v) is 6.88. The molecule has 3 aliphatic heterocycles. The first-order chi connectivity index (χ1) is 21.2. The molecule has 2 N–H and O–H groups in total. The number of hydrogen-bond donors (Lipinski definition) is 2. The van der Waals surface area contributed by atoms with Gasteiger partial charge in [-0.2, -0.15) is 0 Å². The van der Waals surface area contributed by atoms with Crippen LogP contribution in [0.3, 0.4) is 0 Å². The zero-order valence-electron chi connectivity index (χ0n) is 25.5. The van der Waals surface area contributed by atoms with Crippen molar-refractivity contribution in [1.82, 2.24) is 20.1 Å². The number of amides is 1. The predicted molar refractivity (Wildman–Crippen MR) is 160 cm³/mol. The van der Waals surface area contributed by atoms with Crippen molar-refractivity contribution in [3.05, 3.63) is 63.0 Å².